The molecule has 1 aliphatic heterocycles. The molecule has 2 N–H and O–H groups in total. The standard InChI is InChI=1S/C13H23NO3/c1-12(2,3)17-11(16)13-5-4-9(6-14-8-13)10(13)7-15/h9-10,14-15H,4-8H2,1-3H3/t9-,10+,13-/m0/s1. The molecule has 2 bridgehead atoms. The monoisotopic (exact) mass is 241 g/mol. The van der Waals surface area contributed by atoms with Crippen LogP contribution >= 0.6 is 0 Å². The van der Waals surface area contributed by atoms with Gasteiger partial charge in [-0.05, 0) is 46.1 Å². The van der Waals surface area contributed by atoms with Crippen LogP contribution in [0.15, 0.2) is 0 Å². The largest absolute Gasteiger partial charge is 0.459 e. The Hall–Kier alpha value is -0.610. The van der Waals surface area contributed by atoms with Crippen molar-refractivity contribution in [3.05, 3.63) is 0 Å². The quantitative estimate of drug-likeness (QED) is 0.706. The molecule has 2 rings (SSSR count). The third-order valence-electron chi connectivity index (χ3n) is 4.09. The summed E-state index contributed by atoms with van der Waals surface area (Å²) < 4.78 is 5.54. The van der Waals surface area contributed by atoms with Crippen LogP contribution in [-0.2, 0) is 9.53 Å². The second-order valence-electron chi connectivity index (χ2n) is 6.38. The predicted molar refractivity (Wildman–Crippen MR) is 64.4 cm³/mol. The Labute approximate surface area is 103 Å². The minimum absolute atomic E-state index is 0.0681. The summed E-state index contributed by atoms with van der Waals surface area (Å²) in [7, 11) is 0. The van der Waals surface area contributed by atoms with Crippen LogP contribution in [-0.4, -0.2) is 36.4 Å². The summed E-state index contributed by atoms with van der Waals surface area (Å²) in [5.74, 6) is 0.346. The Morgan fingerprint density at radius 3 is 2.82 bits per heavy atom. The van der Waals surface area contributed by atoms with Crippen LogP contribution in [0.3, 0.4) is 0 Å². The van der Waals surface area contributed by atoms with Gasteiger partial charge in [-0.2, -0.15) is 0 Å². The molecule has 0 amide bonds. The summed E-state index contributed by atoms with van der Waals surface area (Å²) in [6, 6.07) is 0. The number of rotatable bonds is 2. The summed E-state index contributed by atoms with van der Waals surface area (Å²) in [6.45, 7) is 7.31. The van der Waals surface area contributed by atoms with Crippen molar-refractivity contribution in [2.45, 2.75) is 39.2 Å². The number of nitrogens with one attached hydrogen (secondary N) is 1. The van der Waals surface area contributed by atoms with Gasteiger partial charge in [0, 0.05) is 19.1 Å². The van der Waals surface area contributed by atoms with Crippen molar-refractivity contribution in [3.63, 3.8) is 0 Å². The van der Waals surface area contributed by atoms with E-state index < -0.39 is 11.0 Å². The summed E-state index contributed by atoms with van der Waals surface area (Å²) in [6.07, 6.45) is 1.85. The fourth-order valence-corrected chi connectivity index (χ4v) is 3.25. The molecule has 1 saturated carbocycles. The number of piperidine rings is 1. The van der Waals surface area contributed by atoms with E-state index in [0.717, 1.165) is 19.4 Å². The topological polar surface area (TPSA) is 58.6 Å². The number of fused-ring (bicyclic) bond motifs is 2. The van der Waals surface area contributed by atoms with Crippen LogP contribution in [0.1, 0.15) is 33.6 Å². The van der Waals surface area contributed by atoms with Gasteiger partial charge in [-0.15, -0.1) is 0 Å². The molecule has 0 aromatic rings. The van der Waals surface area contributed by atoms with Crippen molar-refractivity contribution >= 4 is 5.97 Å². The molecule has 0 spiro atoms. The average molecular weight is 241 g/mol. The number of carbonyl (C=O) groups is 1. The first-order chi connectivity index (χ1) is 7.89. The van der Waals surface area contributed by atoms with E-state index in [1.807, 2.05) is 20.8 Å². The smallest absolute Gasteiger partial charge is 0.314 e. The van der Waals surface area contributed by atoms with E-state index in [1.54, 1.807) is 0 Å². The molecule has 3 atom stereocenters. The second-order valence-corrected chi connectivity index (χ2v) is 6.38. The Balaban J connectivity index is 2.19. The zero-order valence-electron chi connectivity index (χ0n) is 11.0. The van der Waals surface area contributed by atoms with Gasteiger partial charge >= 0.3 is 5.97 Å². The first-order valence-corrected chi connectivity index (χ1v) is 6.44. The number of ether oxygens (including phenoxy) is 1. The van der Waals surface area contributed by atoms with Gasteiger partial charge in [0.15, 0.2) is 0 Å². The predicted octanol–water partition coefficient (Wildman–Crippen LogP) is 0.936. The van der Waals surface area contributed by atoms with Gasteiger partial charge in [0.2, 0.25) is 0 Å². The average Bonchev–Trinajstić information content (AvgIpc) is 2.42. The van der Waals surface area contributed by atoms with Gasteiger partial charge < -0.3 is 15.2 Å². The zero-order valence-corrected chi connectivity index (χ0v) is 11.0. The molecule has 17 heavy (non-hydrogen) atoms. The molecule has 0 aromatic carbocycles. The fraction of sp³-hybridized carbons (Fsp3) is 0.923. The van der Waals surface area contributed by atoms with Crippen molar-refractivity contribution < 1.29 is 14.6 Å². The molecule has 0 unspecified atom stereocenters. The highest BCUT2D eigenvalue weighted by molar-refractivity contribution is 5.78. The van der Waals surface area contributed by atoms with E-state index in [0.29, 0.717) is 12.5 Å². The number of aliphatic hydroxyl groups excluding tert-OH is 1. The first kappa shape index (κ1) is 12.8. The van der Waals surface area contributed by atoms with Crippen molar-refractivity contribution in [1.29, 1.82) is 0 Å². The normalized spacial score (nSPS) is 36.9. The minimum Gasteiger partial charge on any atom is -0.459 e. The molecule has 4 nitrogen and oxygen atoms in total. The SMILES string of the molecule is CC(C)(C)OC(=O)[C@@]12CC[C@@H](CNC1)[C@H]2CO. The lowest BCUT2D eigenvalue weighted by molar-refractivity contribution is -0.172. The minimum atomic E-state index is -0.495. The molecule has 98 valence electrons. The van der Waals surface area contributed by atoms with E-state index in [-0.39, 0.29) is 18.5 Å². The Morgan fingerprint density at radius 1 is 1.53 bits per heavy atom. The molecule has 2 aliphatic rings. The third-order valence-corrected chi connectivity index (χ3v) is 4.09. The van der Waals surface area contributed by atoms with Crippen LogP contribution in [0.5, 0.6) is 0 Å². The van der Waals surface area contributed by atoms with Crippen molar-refractivity contribution in [2.75, 3.05) is 19.7 Å². The lowest BCUT2D eigenvalue weighted by Gasteiger charge is -2.40. The molecule has 0 aromatic heterocycles. The van der Waals surface area contributed by atoms with Crippen LogP contribution in [0.2, 0.25) is 0 Å². The van der Waals surface area contributed by atoms with E-state index in [9.17, 15) is 9.90 Å². The third kappa shape index (κ3) is 2.20. The van der Waals surface area contributed by atoms with E-state index in [1.165, 1.54) is 0 Å². The maximum Gasteiger partial charge on any atom is 0.314 e. The Morgan fingerprint density at radius 2 is 2.24 bits per heavy atom. The molecule has 1 saturated heterocycles. The van der Waals surface area contributed by atoms with E-state index in [4.69, 9.17) is 4.74 Å². The summed E-state index contributed by atoms with van der Waals surface area (Å²) in [5, 5.41) is 12.9. The maximum atomic E-state index is 12.4. The molecular weight excluding hydrogens is 218 g/mol. The fourth-order valence-electron chi connectivity index (χ4n) is 3.25. The second kappa shape index (κ2) is 4.25. The molecule has 4 heteroatoms. The molecular formula is C13H23NO3. The zero-order chi connectivity index (χ0) is 12.7. The van der Waals surface area contributed by atoms with Crippen molar-refractivity contribution in [3.8, 4) is 0 Å². The molecule has 1 heterocycles. The highest BCUT2D eigenvalue weighted by Gasteiger charge is 2.56. The van der Waals surface area contributed by atoms with Gasteiger partial charge in [-0.3, -0.25) is 4.79 Å². The van der Waals surface area contributed by atoms with Gasteiger partial charge in [0.1, 0.15) is 5.60 Å². The van der Waals surface area contributed by atoms with E-state index >= 15 is 0 Å². The first-order valence-electron chi connectivity index (χ1n) is 6.44. The number of esters is 1. The van der Waals surface area contributed by atoms with Gasteiger partial charge in [0.05, 0.1) is 5.41 Å². The highest BCUT2D eigenvalue weighted by atomic mass is 16.6. The summed E-state index contributed by atoms with van der Waals surface area (Å²) >= 11 is 0. The van der Waals surface area contributed by atoms with Crippen LogP contribution < -0.4 is 5.32 Å². The number of aliphatic hydroxyl groups is 1. The highest BCUT2D eigenvalue weighted by Crippen LogP contribution is 2.49. The van der Waals surface area contributed by atoms with Crippen molar-refractivity contribution in [1.82, 2.24) is 5.32 Å². The number of hydrogen-bond acceptors (Lipinski definition) is 4. The Bertz CT molecular complexity index is 306. The maximum absolute atomic E-state index is 12.4. The summed E-state index contributed by atoms with van der Waals surface area (Å²) in [5.41, 5.74) is -0.952. The lowest BCUT2D eigenvalue weighted by Crippen LogP contribution is -2.53. The van der Waals surface area contributed by atoms with Crippen molar-refractivity contribution in [2.24, 2.45) is 17.3 Å². The molecule has 0 radical (unpaired) electrons. The molecule has 2 fully saturated rings. The Kier molecular flexibility index (Phi) is 3.21. The van der Waals surface area contributed by atoms with Gasteiger partial charge in [-0.25, -0.2) is 0 Å². The summed E-state index contributed by atoms with van der Waals surface area (Å²) in [4.78, 5) is 12.4. The van der Waals surface area contributed by atoms with Gasteiger partial charge in [0.25, 0.3) is 0 Å². The molecule has 1 aliphatic carbocycles. The number of hydrogen-bond donors (Lipinski definition) is 2. The van der Waals surface area contributed by atoms with E-state index in [2.05, 4.69) is 5.32 Å². The number of carbonyl (C=O) groups excluding carboxylic acids is 1. The van der Waals surface area contributed by atoms with Gasteiger partial charge in [-0.1, -0.05) is 0 Å². The van der Waals surface area contributed by atoms with Crippen LogP contribution in [0.25, 0.3) is 0 Å². The van der Waals surface area contributed by atoms with Crippen LogP contribution in [0.4, 0.5) is 0 Å². The lowest BCUT2D eigenvalue weighted by atomic mass is 9.73. The van der Waals surface area contributed by atoms with Crippen LogP contribution in [0, 0.1) is 17.3 Å².